The predicted molar refractivity (Wildman–Crippen MR) is 87.2 cm³/mol. The fourth-order valence-electron chi connectivity index (χ4n) is 3.30. The maximum atomic E-state index is 12.8. The first kappa shape index (κ1) is 15.6. The van der Waals surface area contributed by atoms with Gasteiger partial charge in [-0.3, -0.25) is 4.79 Å². The summed E-state index contributed by atoms with van der Waals surface area (Å²) >= 11 is 6.31. The number of allylic oxidation sites excluding steroid dienone is 3. The van der Waals surface area contributed by atoms with Crippen LogP contribution in [0.3, 0.4) is 0 Å². The van der Waals surface area contributed by atoms with Gasteiger partial charge in [-0.1, -0.05) is 43.6 Å². The van der Waals surface area contributed by atoms with E-state index in [0.717, 1.165) is 0 Å². The summed E-state index contributed by atoms with van der Waals surface area (Å²) in [6.07, 6.45) is 1.02. The van der Waals surface area contributed by atoms with Gasteiger partial charge in [0.05, 0.1) is 5.92 Å². The first-order chi connectivity index (χ1) is 10.8. The van der Waals surface area contributed by atoms with Crippen molar-refractivity contribution in [3.05, 3.63) is 57.6 Å². The number of nitriles is 1. The summed E-state index contributed by atoms with van der Waals surface area (Å²) in [5, 5.41) is 10.0. The molecule has 0 aromatic heterocycles. The molecule has 0 amide bonds. The van der Waals surface area contributed by atoms with Crippen LogP contribution in [-0.4, -0.2) is 5.78 Å². The lowest BCUT2D eigenvalue weighted by molar-refractivity contribution is -0.119. The molecule has 1 aliphatic carbocycles. The number of Topliss-reactive ketones (excluding diaryl/α,β-unsaturated/α-hetero) is 1. The van der Waals surface area contributed by atoms with E-state index in [9.17, 15) is 10.1 Å². The third-order valence-electron chi connectivity index (χ3n) is 4.29. The van der Waals surface area contributed by atoms with Crippen molar-refractivity contribution in [1.29, 1.82) is 5.26 Å². The SMILES string of the molecule is CC1(C)CC(=O)C2=C(C1)OC(N)=C(C#N)C2c1ccccc1Cl. The molecule has 0 saturated heterocycles. The molecular formula is C18H17ClN2O2. The molecule has 0 radical (unpaired) electrons. The van der Waals surface area contributed by atoms with E-state index < -0.39 is 5.92 Å². The van der Waals surface area contributed by atoms with Gasteiger partial charge in [0.1, 0.15) is 17.4 Å². The van der Waals surface area contributed by atoms with Gasteiger partial charge < -0.3 is 10.5 Å². The first-order valence-electron chi connectivity index (χ1n) is 7.42. The molecule has 1 unspecified atom stereocenters. The number of nitrogens with two attached hydrogens (primary N) is 1. The Labute approximate surface area is 140 Å². The summed E-state index contributed by atoms with van der Waals surface area (Å²) in [5.41, 5.74) is 7.23. The largest absolute Gasteiger partial charge is 0.444 e. The highest BCUT2D eigenvalue weighted by Crippen LogP contribution is 2.48. The van der Waals surface area contributed by atoms with E-state index in [1.807, 2.05) is 32.0 Å². The molecule has 1 aromatic carbocycles. The van der Waals surface area contributed by atoms with Crippen molar-refractivity contribution in [2.75, 3.05) is 0 Å². The molecule has 23 heavy (non-hydrogen) atoms. The molecule has 0 spiro atoms. The van der Waals surface area contributed by atoms with E-state index in [4.69, 9.17) is 22.1 Å². The molecule has 0 saturated carbocycles. The number of halogens is 1. The van der Waals surface area contributed by atoms with Gasteiger partial charge in [0.25, 0.3) is 0 Å². The third kappa shape index (κ3) is 2.62. The number of hydrogen-bond acceptors (Lipinski definition) is 4. The van der Waals surface area contributed by atoms with Crippen LogP contribution in [0.1, 0.15) is 38.2 Å². The molecule has 1 atom stereocenters. The number of ether oxygens (including phenoxy) is 1. The van der Waals surface area contributed by atoms with E-state index >= 15 is 0 Å². The minimum atomic E-state index is -0.555. The van der Waals surface area contributed by atoms with Crippen LogP contribution in [0.5, 0.6) is 0 Å². The summed E-state index contributed by atoms with van der Waals surface area (Å²) < 4.78 is 5.64. The van der Waals surface area contributed by atoms with Crippen molar-refractivity contribution in [3.63, 3.8) is 0 Å². The number of hydrogen-bond donors (Lipinski definition) is 1. The molecule has 4 nitrogen and oxygen atoms in total. The molecule has 5 heteroatoms. The van der Waals surface area contributed by atoms with E-state index in [-0.39, 0.29) is 22.7 Å². The molecule has 2 aliphatic rings. The normalized spacial score (nSPS) is 23.2. The molecule has 0 fully saturated rings. The van der Waals surface area contributed by atoms with E-state index in [0.29, 0.717) is 34.8 Å². The van der Waals surface area contributed by atoms with Crippen LogP contribution in [0.25, 0.3) is 0 Å². The Kier molecular flexibility index (Phi) is 3.69. The Morgan fingerprint density at radius 3 is 2.70 bits per heavy atom. The van der Waals surface area contributed by atoms with Gasteiger partial charge in [0.15, 0.2) is 5.78 Å². The quantitative estimate of drug-likeness (QED) is 0.850. The van der Waals surface area contributed by atoms with E-state index in [1.54, 1.807) is 6.07 Å². The Hall–Kier alpha value is -2.25. The third-order valence-corrected chi connectivity index (χ3v) is 4.64. The minimum Gasteiger partial charge on any atom is -0.444 e. The zero-order valence-electron chi connectivity index (χ0n) is 13.0. The maximum absolute atomic E-state index is 12.8. The lowest BCUT2D eigenvalue weighted by Gasteiger charge is -2.37. The van der Waals surface area contributed by atoms with Crippen molar-refractivity contribution in [3.8, 4) is 6.07 Å². The summed E-state index contributed by atoms with van der Waals surface area (Å²) in [6.45, 7) is 4.03. The van der Waals surface area contributed by atoms with Gasteiger partial charge >= 0.3 is 0 Å². The average Bonchev–Trinajstić information content (AvgIpc) is 2.45. The first-order valence-corrected chi connectivity index (χ1v) is 7.80. The van der Waals surface area contributed by atoms with Crippen LogP contribution >= 0.6 is 11.6 Å². The maximum Gasteiger partial charge on any atom is 0.205 e. The molecule has 3 rings (SSSR count). The van der Waals surface area contributed by atoms with Crippen molar-refractivity contribution in [1.82, 2.24) is 0 Å². The smallest absolute Gasteiger partial charge is 0.205 e. The average molecular weight is 329 g/mol. The minimum absolute atomic E-state index is 0.0126. The highest BCUT2D eigenvalue weighted by atomic mass is 35.5. The second-order valence-corrected chi connectivity index (χ2v) is 7.13. The highest BCUT2D eigenvalue weighted by molar-refractivity contribution is 6.31. The second-order valence-electron chi connectivity index (χ2n) is 6.72. The number of carbonyl (C=O) groups is 1. The zero-order chi connectivity index (χ0) is 16.8. The Morgan fingerprint density at radius 1 is 1.35 bits per heavy atom. The number of carbonyl (C=O) groups excluding carboxylic acids is 1. The molecule has 2 N–H and O–H groups in total. The number of rotatable bonds is 1. The number of ketones is 1. The van der Waals surface area contributed by atoms with E-state index in [2.05, 4.69) is 6.07 Å². The molecule has 0 bridgehead atoms. The standard InChI is InChI=1S/C18H17ClN2O2/c1-18(2)7-13(22)16-14(8-18)23-17(21)11(9-20)15(16)10-5-3-4-6-12(10)19/h3-6,15H,7-8,21H2,1-2H3. The van der Waals surface area contributed by atoms with E-state index in [1.165, 1.54) is 0 Å². The number of nitrogens with zero attached hydrogens (tertiary/aromatic N) is 1. The van der Waals surface area contributed by atoms with Gasteiger partial charge in [-0.2, -0.15) is 5.26 Å². The van der Waals surface area contributed by atoms with Crippen LogP contribution in [0.2, 0.25) is 5.02 Å². The van der Waals surface area contributed by atoms with Gasteiger partial charge in [-0.25, -0.2) is 0 Å². The fraction of sp³-hybridized carbons (Fsp3) is 0.333. The van der Waals surface area contributed by atoms with Crippen molar-refractivity contribution in [2.45, 2.75) is 32.6 Å². The second kappa shape index (κ2) is 5.43. The predicted octanol–water partition coefficient (Wildman–Crippen LogP) is 3.79. The van der Waals surface area contributed by atoms with Crippen LogP contribution in [-0.2, 0) is 9.53 Å². The van der Waals surface area contributed by atoms with Gasteiger partial charge in [0, 0.05) is 23.4 Å². The molecule has 118 valence electrons. The van der Waals surface area contributed by atoms with Crippen molar-refractivity contribution < 1.29 is 9.53 Å². The summed E-state index contributed by atoms with van der Waals surface area (Å²) in [6, 6.07) is 9.30. The van der Waals surface area contributed by atoms with Crippen LogP contribution in [0.4, 0.5) is 0 Å². The van der Waals surface area contributed by atoms with Crippen molar-refractivity contribution in [2.24, 2.45) is 11.1 Å². The summed E-state index contributed by atoms with van der Waals surface area (Å²) in [7, 11) is 0. The molecule has 1 aromatic rings. The fourth-order valence-corrected chi connectivity index (χ4v) is 3.55. The Bertz CT molecular complexity index is 799. The van der Waals surface area contributed by atoms with Crippen molar-refractivity contribution >= 4 is 17.4 Å². The van der Waals surface area contributed by atoms with Gasteiger partial charge in [0.2, 0.25) is 5.88 Å². The highest BCUT2D eigenvalue weighted by Gasteiger charge is 2.43. The van der Waals surface area contributed by atoms with Crippen LogP contribution < -0.4 is 5.73 Å². The zero-order valence-corrected chi connectivity index (χ0v) is 13.8. The molecular weight excluding hydrogens is 312 g/mol. The Balaban J connectivity index is 2.22. The summed E-state index contributed by atoms with van der Waals surface area (Å²) in [4.78, 5) is 12.8. The van der Waals surface area contributed by atoms with Crippen LogP contribution in [0, 0.1) is 16.7 Å². The van der Waals surface area contributed by atoms with Gasteiger partial charge in [-0.05, 0) is 17.0 Å². The molecule has 1 aliphatic heterocycles. The lowest BCUT2D eigenvalue weighted by atomic mass is 9.70. The van der Waals surface area contributed by atoms with Crippen LogP contribution in [0.15, 0.2) is 47.1 Å². The topological polar surface area (TPSA) is 76.1 Å². The lowest BCUT2D eigenvalue weighted by Crippen LogP contribution is -2.33. The number of benzene rings is 1. The Morgan fingerprint density at radius 2 is 2.04 bits per heavy atom. The monoisotopic (exact) mass is 328 g/mol. The van der Waals surface area contributed by atoms with Gasteiger partial charge in [-0.15, -0.1) is 0 Å². The molecule has 1 heterocycles. The summed E-state index contributed by atoms with van der Waals surface area (Å²) in [5.74, 6) is 0.0526.